The van der Waals surface area contributed by atoms with Gasteiger partial charge in [-0.05, 0) is 83.6 Å². The van der Waals surface area contributed by atoms with Gasteiger partial charge in [-0.25, -0.2) is 0 Å². The van der Waals surface area contributed by atoms with Crippen LogP contribution in [0.3, 0.4) is 0 Å². The first-order chi connectivity index (χ1) is 19.3. The van der Waals surface area contributed by atoms with Crippen molar-refractivity contribution in [3.63, 3.8) is 0 Å². The third-order valence-electron chi connectivity index (χ3n) is 6.24. The van der Waals surface area contributed by atoms with Gasteiger partial charge in [0.1, 0.15) is 11.5 Å². The number of ether oxygens (including phenoxy) is 1. The van der Waals surface area contributed by atoms with E-state index >= 15 is 0 Å². The Labute approximate surface area is 270 Å². The molecule has 0 saturated carbocycles. The number of benzene rings is 4. The molecule has 0 aromatic heterocycles. The standard InChI is InChI=1S/C30H20Cl2F6I2O/c31-25-5-3-19(15-23(25)29(33,34)35)21-13-17(9-11-39)1-7-27(21)41-28-8-2-18(10-12-40)14-22(28)20-4-6-26(32)24(16-20)30(36,37)38/h1-8,13-16H,9-12H2. The summed E-state index contributed by atoms with van der Waals surface area (Å²) in [4.78, 5) is 0. The van der Waals surface area contributed by atoms with E-state index in [4.69, 9.17) is 27.9 Å². The van der Waals surface area contributed by atoms with Crippen molar-refractivity contribution in [2.24, 2.45) is 0 Å². The molecule has 0 spiro atoms. The second-order valence-corrected chi connectivity index (χ2v) is 12.0. The Kier molecular flexibility index (Phi) is 10.5. The molecule has 0 bridgehead atoms. The summed E-state index contributed by atoms with van der Waals surface area (Å²) in [6.07, 6.45) is -7.98. The summed E-state index contributed by atoms with van der Waals surface area (Å²) in [7, 11) is 0. The van der Waals surface area contributed by atoms with Crippen LogP contribution in [-0.4, -0.2) is 8.86 Å². The van der Waals surface area contributed by atoms with E-state index in [1.807, 2.05) is 12.1 Å². The van der Waals surface area contributed by atoms with Crippen LogP contribution in [0.1, 0.15) is 22.3 Å². The van der Waals surface area contributed by atoms with Crippen LogP contribution in [0, 0.1) is 0 Å². The molecule has 0 amide bonds. The second kappa shape index (κ2) is 13.3. The van der Waals surface area contributed by atoms with E-state index < -0.39 is 33.5 Å². The molecular weight excluding hydrogens is 815 g/mol. The van der Waals surface area contributed by atoms with E-state index in [0.717, 1.165) is 32.1 Å². The fraction of sp³-hybridized carbons (Fsp3) is 0.200. The van der Waals surface area contributed by atoms with Gasteiger partial charge >= 0.3 is 12.4 Å². The summed E-state index contributed by atoms with van der Waals surface area (Å²) >= 11 is 16.1. The summed E-state index contributed by atoms with van der Waals surface area (Å²) in [5.74, 6) is 0.483. The van der Waals surface area contributed by atoms with Crippen LogP contribution in [0.4, 0.5) is 26.3 Å². The number of hydrogen-bond acceptors (Lipinski definition) is 1. The number of rotatable bonds is 8. The fourth-order valence-electron chi connectivity index (χ4n) is 4.25. The highest BCUT2D eigenvalue weighted by atomic mass is 127. The van der Waals surface area contributed by atoms with E-state index in [9.17, 15) is 26.3 Å². The van der Waals surface area contributed by atoms with Crippen molar-refractivity contribution in [1.29, 1.82) is 0 Å². The maximum absolute atomic E-state index is 13.7. The molecular formula is C30H20Cl2F6I2O. The van der Waals surface area contributed by atoms with Crippen LogP contribution in [0.15, 0.2) is 72.8 Å². The van der Waals surface area contributed by atoms with Crippen molar-refractivity contribution in [3.8, 4) is 33.8 Å². The lowest BCUT2D eigenvalue weighted by molar-refractivity contribution is -0.138. The zero-order chi connectivity index (χ0) is 29.9. The Morgan fingerprint density at radius 3 is 1.29 bits per heavy atom. The number of hydrogen-bond donors (Lipinski definition) is 0. The first-order valence-corrected chi connectivity index (χ1v) is 15.9. The Morgan fingerprint density at radius 1 is 0.561 bits per heavy atom. The Balaban J connectivity index is 1.88. The van der Waals surface area contributed by atoms with Gasteiger partial charge in [0.15, 0.2) is 0 Å². The molecule has 11 heteroatoms. The Hall–Kier alpha value is -1.70. The highest BCUT2D eigenvalue weighted by Gasteiger charge is 2.34. The van der Waals surface area contributed by atoms with Gasteiger partial charge in [0.05, 0.1) is 21.2 Å². The minimum Gasteiger partial charge on any atom is -0.456 e. The molecule has 0 fully saturated rings. The summed E-state index contributed by atoms with van der Waals surface area (Å²) < 4.78 is 89.9. The van der Waals surface area contributed by atoms with Gasteiger partial charge in [-0.1, -0.05) is 92.6 Å². The second-order valence-electron chi connectivity index (χ2n) is 9.03. The zero-order valence-corrected chi connectivity index (χ0v) is 26.8. The minimum atomic E-state index is -4.67. The summed E-state index contributed by atoms with van der Waals surface area (Å²) in [6.45, 7) is 0. The normalized spacial score (nSPS) is 12.0. The molecule has 0 unspecified atom stereocenters. The SMILES string of the molecule is FC(F)(F)c1cc(-c2cc(CCI)ccc2Oc2ccc(CCI)cc2-c2ccc(Cl)c(C(F)(F)F)c2)ccc1Cl. The maximum atomic E-state index is 13.7. The van der Waals surface area contributed by atoms with E-state index in [1.54, 1.807) is 24.3 Å². The highest BCUT2D eigenvalue weighted by Crippen LogP contribution is 2.44. The molecule has 4 aromatic carbocycles. The molecule has 0 atom stereocenters. The third-order valence-corrected chi connectivity index (χ3v) is 7.98. The minimum absolute atomic E-state index is 0.237. The first kappa shape index (κ1) is 32.2. The zero-order valence-electron chi connectivity index (χ0n) is 20.9. The lowest BCUT2D eigenvalue weighted by Gasteiger charge is -2.19. The average Bonchev–Trinajstić information content (AvgIpc) is 2.90. The lowest BCUT2D eigenvalue weighted by atomic mass is 9.97. The van der Waals surface area contributed by atoms with Crippen LogP contribution in [0.2, 0.25) is 10.0 Å². The average molecular weight is 835 g/mol. The van der Waals surface area contributed by atoms with Crippen molar-refractivity contribution >= 4 is 68.4 Å². The molecule has 4 rings (SSSR count). The molecule has 216 valence electrons. The quantitative estimate of drug-likeness (QED) is 0.0976. The van der Waals surface area contributed by atoms with Gasteiger partial charge in [-0.15, -0.1) is 0 Å². The largest absolute Gasteiger partial charge is 0.456 e. The highest BCUT2D eigenvalue weighted by molar-refractivity contribution is 14.1. The van der Waals surface area contributed by atoms with Gasteiger partial charge in [-0.2, -0.15) is 26.3 Å². The fourth-order valence-corrected chi connectivity index (χ4v) is 5.95. The van der Waals surface area contributed by atoms with Crippen molar-refractivity contribution in [2.45, 2.75) is 25.2 Å². The monoisotopic (exact) mass is 834 g/mol. The van der Waals surface area contributed by atoms with E-state index in [2.05, 4.69) is 45.2 Å². The molecule has 41 heavy (non-hydrogen) atoms. The summed E-state index contributed by atoms with van der Waals surface area (Å²) in [6, 6.07) is 17.7. The van der Waals surface area contributed by atoms with E-state index in [1.165, 1.54) is 24.3 Å². The number of alkyl halides is 8. The van der Waals surface area contributed by atoms with Crippen LogP contribution >= 0.6 is 68.4 Å². The third kappa shape index (κ3) is 7.83. The summed E-state index contributed by atoms with van der Waals surface area (Å²) in [5, 5.41) is -0.855. The van der Waals surface area contributed by atoms with Crippen molar-refractivity contribution in [3.05, 3.63) is 105 Å². The first-order valence-electron chi connectivity index (χ1n) is 12.1. The number of halogens is 10. The number of aryl methyl sites for hydroxylation is 2. The van der Waals surface area contributed by atoms with Crippen molar-refractivity contribution in [2.75, 3.05) is 8.86 Å². The molecule has 0 N–H and O–H groups in total. The van der Waals surface area contributed by atoms with Gasteiger partial charge < -0.3 is 4.74 Å². The Bertz CT molecular complexity index is 1440. The van der Waals surface area contributed by atoms with Gasteiger partial charge in [0, 0.05) is 20.0 Å². The molecule has 4 aromatic rings. The maximum Gasteiger partial charge on any atom is 0.417 e. The molecule has 0 aliphatic rings. The predicted molar refractivity (Wildman–Crippen MR) is 169 cm³/mol. The molecule has 0 radical (unpaired) electrons. The van der Waals surface area contributed by atoms with Gasteiger partial charge in [-0.3, -0.25) is 0 Å². The Morgan fingerprint density at radius 2 is 0.951 bits per heavy atom. The van der Waals surface area contributed by atoms with Crippen molar-refractivity contribution in [1.82, 2.24) is 0 Å². The molecule has 0 saturated heterocycles. The smallest absolute Gasteiger partial charge is 0.417 e. The molecule has 0 aliphatic heterocycles. The van der Waals surface area contributed by atoms with Crippen LogP contribution in [0.5, 0.6) is 11.5 Å². The van der Waals surface area contributed by atoms with Crippen LogP contribution < -0.4 is 4.74 Å². The molecule has 0 aliphatic carbocycles. The van der Waals surface area contributed by atoms with Crippen molar-refractivity contribution < 1.29 is 31.1 Å². The summed E-state index contributed by atoms with van der Waals surface area (Å²) in [5.41, 5.74) is 1.07. The van der Waals surface area contributed by atoms with E-state index in [0.29, 0.717) is 24.0 Å². The lowest BCUT2D eigenvalue weighted by Crippen LogP contribution is -2.06. The molecule has 1 nitrogen and oxygen atoms in total. The molecule has 0 heterocycles. The van der Waals surface area contributed by atoms with Crippen LogP contribution in [-0.2, 0) is 25.2 Å². The van der Waals surface area contributed by atoms with Gasteiger partial charge in [0.25, 0.3) is 0 Å². The van der Waals surface area contributed by atoms with Gasteiger partial charge in [0.2, 0.25) is 0 Å². The predicted octanol–water partition coefficient (Wildman–Crippen LogP) is 12.1. The van der Waals surface area contributed by atoms with Crippen LogP contribution in [0.25, 0.3) is 22.3 Å². The topological polar surface area (TPSA) is 9.23 Å². The van der Waals surface area contributed by atoms with E-state index in [-0.39, 0.29) is 22.6 Å².